The lowest BCUT2D eigenvalue weighted by atomic mass is 9.98. The van der Waals surface area contributed by atoms with Crippen molar-refractivity contribution in [2.75, 3.05) is 6.61 Å². The second kappa shape index (κ2) is 12.9. The maximum absolute atomic E-state index is 13.1. The van der Waals surface area contributed by atoms with E-state index in [4.69, 9.17) is 33.0 Å². The second-order valence-corrected chi connectivity index (χ2v) is 9.58. The van der Waals surface area contributed by atoms with Gasteiger partial charge >= 0.3 is 5.97 Å². The molecule has 3 aromatic rings. The molecule has 0 unspecified atom stereocenters. The molecule has 0 bridgehead atoms. The number of ketones is 1. The van der Waals surface area contributed by atoms with Crippen LogP contribution in [0, 0.1) is 5.92 Å². The number of carbonyl (C=O) groups is 2. The monoisotopic (exact) mass is 516 g/mol. The Kier molecular flexibility index (Phi) is 9.90. The van der Waals surface area contributed by atoms with Crippen molar-refractivity contribution >= 4 is 35.0 Å². The Labute approximate surface area is 215 Å². The van der Waals surface area contributed by atoms with Gasteiger partial charge in [0.2, 0.25) is 0 Å². The average molecular weight is 517 g/mol. The minimum absolute atomic E-state index is 0.0603. The summed E-state index contributed by atoms with van der Waals surface area (Å²) in [5.41, 5.74) is 2.99. The fourth-order valence-corrected chi connectivity index (χ4v) is 4.45. The predicted molar refractivity (Wildman–Crippen MR) is 138 cm³/mol. The number of hydrogen-bond acceptors (Lipinski definition) is 4. The van der Waals surface area contributed by atoms with Gasteiger partial charge in [0.25, 0.3) is 0 Å². The molecule has 1 N–H and O–H groups in total. The van der Waals surface area contributed by atoms with E-state index in [2.05, 4.69) is 4.98 Å². The van der Waals surface area contributed by atoms with Crippen LogP contribution in [0.25, 0.3) is 11.4 Å². The van der Waals surface area contributed by atoms with Gasteiger partial charge in [0.05, 0.1) is 11.6 Å². The molecule has 0 aliphatic rings. The molecule has 0 saturated carbocycles. The van der Waals surface area contributed by atoms with Crippen LogP contribution in [-0.2, 0) is 29.6 Å². The van der Waals surface area contributed by atoms with Crippen LogP contribution < -0.4 is 0 Å². The van der Waals surface area contributed by atoms with Crippen LogP contribution in [0.5, 0.6) is 0 Å². The molecule has 1 heterocycles. The maximum atomic E-state index is 13.1. The highest BCUT2D eigenvalue weighted by Crippen LogP contribution is 2.30. The van der Waals surface area contributed by atoms with Crippen LogP contribution in [-0.4, -0.2) is 33.0 Å². The number of benzene rings is 2. The molecule has 0 amide bonds. The first-order chi connectivity index (χ1) is 16.8. The Morgan fingerprint density at radius 3 is 2.57 bits per heavy atom. The number of carboxylic acids is 1. The van der Waals surface area contributed by atoms with Crippen LogP contribution in [0.3, 0.4) is 0 Å². The number of nitrogens with zero attached hydrogens (tertiary/aromatic N) is 2. The number of carboxylic acid groups (broad SMARTS) is 1. The standard InChI is InChI=1S/C27H30Cl2N2O4/c1-18(15-25(33)34)14-24(32)26-23(31(2)27(30-26)21-10-3-4-11-22(21)29)12-5-6-13-35-17-19-8-7-9-20(28)16-19/h3-4,7-11,16,18H,5-6,12-15,17H2,1-2H3,(H,33,34)/t18-/m0/s1. The van der Waals surface area contributed by atoms with Crippen LogP contribution in [0.15, 0.2) is 48.5 Å². The Morgan fingerprint density at radius 1 is 1.09 bits per heavy atom. The van der Waals surface area contributed by atoms with E-state index >= 15 is 0 Å². The molecule has 0 spiro atoms. The van der Waals surface area contributed by atoms with Gasteiger partial charge in [0.1, 0.15) is 11.5 Å². The molecule has 2 aromatic carbocycles. The fourth-order valence-electron chi connectivity index (χ4n) is 4.02. The van der Waals surface area contributed by atoms with E-state index < -0.39 is 5.97 Å². The quantitative estimate of drug-likeness (QED) is 0.204. The summed E-state index contributed by atoms with van der Waals surface area (Å²) in [4.78, 5) is 28.8. The molecule has 0 fully saturated rings. The number of hydrogen-bond donors (Lipinski definition) is 1. The number of aliphatic carboxylic acids is 1. The Hall–Kier alpha value is -2.67. The molecule has 0 aliphatic carbocycles. The molecule has 35 heavy (non-hydrogen) atoms. The van der Waals surface area contributed by atoms with Gasteiger partial charge in [0.15, 0.2) is 5.78 Å². The first-order valence-corrected chi connectivity index (χ1v) is 12.4. The molecule has 0 aliphatic heterocycles. The van der Waals surface area contributed by atoms with Gasteiger partial charge in [-0.3, -0.25) is 9.59 Å². The molecule has 8 heteroatoms. The predicted octanol–water partition coefficient (Wildman–Crippen LogP) is 6.62. The molecule has 0 saturated heterocycles. The normalized spacial score (nSPS) is 12.0. The van der Waals surface area contributed by atoms with E-state index in [9.17, 15) is 9.59 Å². The van der Waals surface area contributed by atoms with Gasteiger partial charge in [0, 0.05) is 42.8 Å². The van der Waals surface area contributed by atoms with E-state index in [1.165, 1.54) is 0 Å². The number of unbranched alkanes of at least 4 members (excludes halogenated alkanes) is 1. The highest BCUT2D eigenvalue weighted by atomic mass is 35.5. The smallest absolute Gasteiger partial charge is 0.303 e. The number of Topliss-reactive ketones (excluding diaryl/α,β-unsaturated/α-hetero) is 1. The van der Waals surface area contributed by atoms with Crippen LogP contribution in [0.1, 0.15) is 54.4 Å². The van der Waals surface area contributed by atoms with Crippen molar-refractivity contribution < 1.29 is 19.4 Å². The molecular formula is C27H30Cl2N2O4. The molecular weight excluding hydrogens is 487 g/mol. The zero-order valence-electron chi connectivity index (χ0n) is 20.0. The third-order valence-corrected chi connectivity index (χ3v) is 6.32. The van der Waals surface area contributed by atoms with E-state index in [-0.39, 0.29) is 24.5 Å². The van der Waals surface area contributed by atoms with Gasteiger partial charge in [-0.05, 0) is 55.0 Å². The highest BCUT2D eigenvalue weighted by Gasteiger charge is 2.24. The van der Waals surface area contributed by atoms with E-state index in [1.807, 2.05) is 54.1 Å². The van der Waals surface area contributed by atoms with Crippen LogP contribution in [0.2, 0.25) is 10.0 Å². The summed E-state index contributed by atoms with van der Waals surface area (Å²) in [6.45, 7) is 2.84. The second-order valence-electron chi connectivity index (χ2n) is 8.74. The van der Waals surface area contributed by atoms with Gasteiger partial charge in [-0.25, -0.2) is 4.98 Å². The Morgan fingerprint density at radius 2 is 1.86 bits per heavy atom. The molecule has 3 rings (SSSR count). The average Bonchev–Trinajstić information content (AvgIpc) is 3.12. The Balaban J connectivity index is 1.69. The lowest BCUT2D eigenvalue weighted by molar-refractivity contribution is -0.137. The number of aromatic nitrogens is 2. The Bertz CT molecular complexity index is 1180. The summed E-state index contributed by atoms with van der Waals surface area (Å²) < 4.78 is 7.70. The first-order valence-electron chi connectivity index (χ1n) is 11.6. The minimum atomic E-state index is -0.916. The SMILES string of the molecule is C[C@H](CC(=O)O)CC(=O)c1nc(-c2ccccc2Cl)n(C)c1CCCCOCc1cccc(Cl)c1. The zero-order valence-corrected chi connectivity index (χ0v) is 21.5. The van der Waals surface area contributed by atoms with Crippen molar-refractivity contribution in [2.24, 2.45) is 13.0 Å². The number of imidazole rings is 1. The molecule has 6 nitrogen and oxygen atoms in total. The summed E-state index contributed by atoms with van der Waals surface area (Å²) in [7, 11) is 1.88. The molecule has 186 valence electrons. The van der Waals surface area contributed by atoms with E-state index in [0.29, 0.717) is 41.2 Å². The number of rotatable bonds is 13. The van der Waals surface area contributed by atoms with Crippen LogP contribution in [0.4, 0.5) is 0 Å². The number of ether oxygens (including phenoxy) is 1. The van der Waals surface area contributed by atoms with Gasteiger partial charge < -0.3 is 14.4 Å². The van der Waals surface area contributed by atoms with Crippen molar-refractivity contribution in [3.63, 3.8) is 0 Å². The minimum Gasteiger partial charge on any atom is -0.481 e. The van der Waals surface area contributed by atoms with Crippen molar-refractivity contribution in [1.29, 1.82) is 0 Å². The van der Waals surface area contributed by atoms with Crippen molar-refractivity contribution in [3.05, 3.63) is 75.5 Å². The third kappa shape index (κ3) is 7.66. The van der Waals surface area contributed by atoms with Gasteiger partial charge in [-0.1, -0.05) is 54.4 Å². The lowest BCUT2D eigenvalue weighted by Gasteiger charge is -2.10. The largest absolute Gasteiger partial charge is 0.481 e. The summed E-state index contributed by atoms with van der Waals surface area (Å²) in [5, 5.41) is 10.3. The molecule has 1 atom stereocenters. The first kappa shape index (κ1) is 26.9. The third-order valence-electron chi connectivity index (χ3n) is 5.76. The zero-order chi connectivity index (χ0) is 25.4. The van der Waals surface area contributed by atoms with Gasteiger partial charge in [-0.2, -0.15) is 0 Å². The van der Waals surface area contributed by atoms with E-state index in [0.717, 1.165) is 29.7 Å². The maximum Gasteiger partial charge on any atom is 0.303 e. The lowest BCUT2D eigenvalue weighted by Crippen LogP contribution is -2.13. The highest BCUT2D eigenvalue weighted by molar-refractivity contribution is 6.33. The molecule has 1 aromatic heterocycles. The van der Waals surface area contributed by atoms with Crippen LogP contribution >= 0.6 is 23.2 Å². The summed E-state index contributed by atoms with van der Waals surface area (Å²) in [6, 6.07) is 15.0. The van der Waals surface area contributed by atoms with Crippen molar-refractivity contribution in [3.8, 4) is 11.4 Å². The number of carbonyl (C=O) groups excluding carboxylic acids is 1. The summed E-state index contributed by atoms with van der Waals surface area (Å²) >= 11 is 12.4. The topological polar surface area (TPSA) is 81.4 Å². The summed E-state index contributed by atoms with van der Waals surface area (Å²) in [5.74, 6) is -0.725. The molecule has 0 radical (unpaired) electrons. The fraction of sp³-hybridized carbons (Fsp3) is 0.370. The summed E-state index contributed by atoms with van der Waals surface area (Å²) in [6.07, 6.45) is 2.33. The number of halogens is 2. The van der Waals surface area contributed by atoms with Crippen molar-refractivity contribution in [2.45, 2.75) is 45.6 Å². The van der Waals surface area contributed by atoms with Crippen molar-refractivity contribution in [1.82, 2.24) is 9.55 Å². The van der Waals surface area contributed by atoms with Gasteiger partial charge in [-0.15, -0.1) is 0 Å². The van der Waals surface area contributed by atoms with E-state index in [1.54, 1.807) is 13.0 Å².